The second-order valence-electron chi connectivity index (χ2n) is 4.51. The molecule has 1 heterocycles. The Morgan fingerprint density at radius 2 is 2.16 bits per heavy atom. The van der Waals surface area contributed by atoms with Crippen molar-refractivity contribution >= 4 is 15.9 Å². The summed E-state index contributed by atoms with van der Waals surface area (Å²) < 4.78 is 44.3. The molecule has 1 aromatic carbocycles. The van der Waals surface area contributed by atoms with Crippen molar-refractivity contribution in [2.45, 2.75) is 32.0 Å². The van der Waals surface area contributed by atoms with E-state index in [2.05, 4.69) is 21.2 Å². The summed E-state index contributed by atoms with van der Waals surface area (Å²) in [5.74, 6) is 0.610. The molecule has 0 aliphatic carbocycles. The number of fused-ring (bicyclic) bond motifs is 1. The van der Waals surface area contributed by atoms with E-state index >= 15 is 0 Å². The first-order valence-corrected chi connectivity index (χ1v) is 6.95. The third-order valence-electron chi connectivity index (χ3n) is 3.04. The molecule has 0 saturated heterocycles. The molecule has 1 atom stereocenters. The average molecular weight is 338 g/mol. The van der Waals surface area contributed by atoms with Crippen molar-refractivity contribution in [3.8, 4) is 5.75 Å². The van der Waals surface area contributed by atoms with Crippen molar-refractivity contribution in [1.29, 1.82) is 0 Å². The number of ether oxygens (including phenoxy) is 1. The largest absolute Gasteiger partial charge is 0.493 e. The molecular formula is C13H15BrF3NO. The number of alkyl halides is 3. The van der Waals surface area contributed by atoms with Gasteiger partial charge in [-0.15, -0.1) is 0 Å². The van der Waals surface area contributed by atoms with Gasteiger partial charge in [0.1, 0.15) is 5.75 Å². The molecule has 1 unspecified atom stereocenters. The molecule has 1 aliphatic rings. The van der Waals surface area contributed by atoms with Crippen LogP contribution in [0.15, 0.2) is 16.6 Å². The average Bonchev–Trinajstić information content (AvgIpc) is 2.73. The standard InChI is InChI=1S/C13H15BrF3NO/c1-2-18-11(7-13(15,16)17)10-6-9(14)5-8-3-4-19-12(8)10/h5-6,11,18H,2-4,7H2,1H3. The molecule has 1 N–H and O–H groups in total. The van der Waals surface area contributed by atoms with Gasteiger partial charge in [0.15, 0.2) is 0 Å². The fourth-order valence-electron chi connectivity index (χ4n) is 2.33. The van der Waals surface area contributed by atoms with E-state index in [1.807, 2.05) is 6.07 Å². The fourth-order valence-corrected chi connectivity index (χ4v) is 2.85. The lowest BCUT2D eigenvalue weighted by molar-refractivity contribution is -0.140. The molecule has 2 rings (SSSR count). The molecule has 6 heteroatoms. The Balaban J connectivity index is 2.36. The molecule has 0 aromatic heterocycles. The molecule has 0 spiro atoms. The normalized spacial score (nSPS) is 16.1. The van der Waals surface area contributed by atoms with Gasteiger partial charge >= 0.3 is 6.18 Å². The number of nitrogens with one attached hydrogen (secondary N) is 1. The highest BCUT2D eigenvalue weighted by atomic mass is 79.9. The van der Waals surface area contributed by atoms with E-state index in [1.54, 1.807) is 13.0 Å². The summed E-state index contributed by atoms with van der Waals surface area (Å²) in [6.45, 7) is 2.80. The summed E-state index contributed by atoms with van der Waals surface area (Å²) in [7, 11) is 0. The number of halogens is 4. The van der Waals surface area contributed by atoms with Gasteiger partial charge in [0.25, 0.3) is 0 Å². The van der Waals surface area contributed by atoms with Crippen LogP contribution in [0.5, 0.6) is 5.75 Å². The highest BCUT2D eigenvalue weighted by Crippen LogP contribution is 2.40. The number of hydrogen-bond acceptors (Lipinski definition) is 2. The van der Waals surface area contributed by atoms with Gasteiger partial charge in [-0.25, -0.2) is 0 Å². The van der Waals surface area contributed by atoms with Crippen molar-refractivity contribution in [2.24, 2.45) is 0 Å². The molecule has 0 radical (unpaired) electrons. The summed E-state index contributed by atoms with van der Waals surface area (Å²) >= 11 is 3.35. The maximum absolute atomic E-state index is 12.7. The first-order chi connectivity index (χ1) is 8.90. The third-order valence-corrected chi connectivity index (χ3v) is 3.50. The Morgan fingerprint density at radius 3 is 2.79 bits per heavy atom. The zero-order valence-corrected chi connectivity index (χ0v) is 12.1. The van der Waals surface area contributed by atoms with Gasteiger partial charge < -0.3 is 10.1 Å². The second kappa shape index (κ2) is 5.71. The van der Waals surface area contributed by atoms with Crippen LogP contribution < -0.4 is 10.1 Å². The maximum atomic E-state index is 12.7. The van der Waals surface area contributed by atoms with Gasteiger partial charge in [0.2, 0.25) is 0 Å². The molecule has 1 aliphatic heterocycles. The van der Waals surface area contributed by atoms with Gasteiger partial charge in [0, 0.05) is 22.5 Å². The Morgan fingerprint density at radius 1 is 1.42 bits per heavy atom. The van der Waals surface area contributed by atoms with Crippen LogP contribution in [0.25, 0.3) is 0 Å². The number of rotatable bonds is 4. The lowest BCUT2D eigenvalue weighted by atomic mass is 9.99. The molecule has 0 bridgehead atoms. The minimum atomic E-state index is -4.21. The Labute approximate surface area is 118 Å². The van der Waals surface area contributed by atoms with Crippen LogP contribution in [0.3, 0.4) is 0 Å². The van der Waals surface area contributed by atoms with E-state index in [0.29, 0.717) is 24.5 Å². The highest BCUT2D eigenvalue weighted by Gasteiger charge is 2.34. The summed E-state index contributed by atoms with van der Waals surface area (Å²) in [5.41, 5.74) is 1.55. The van der Waals surface area contributed by atoms with Crippen molar-refractivity contribution in [1.82, 2.24) is 5.32 Å². The van der Waals surface area contributed by atoms with Crippen LogP contribution in [0.4, 0.5) is 13.2 Å². The van der Waals surface area contributed by atoms with E-state index in [4.69, 9.17) is 4.74 Å². The molecule has 0 fully saturated rings. The Kier molecular flexibility index (Phi) is 4.40. The predicted molar refractivity (Wildman–Crippen MR) is 70.4 cm³/mol. The second-order valence-corrected chi connectivity index (χ2v) is 5.43. The predicted octanol–water partition coefficient (Wildman–Crippen LogP) is 3.99. The van der Waals surface area contributed by atoms with Crippen molar-refractivity contribution in [3.63, 3.8) is 0 Å². The number of hydrogen-bond donors (Lipinski definition) is 1. The lowest BCUT2D eigenvalue weighted by Gasteiger charge is -2.22. The van der Waals surface area contributed by atoms with Gasteiger partial charge in [-0.1, -0.05) is 22.9 Å². The SMILES string of the molecule is CCNC(CC(F)(F)F)c1cc(Br)cc2c1OCC2. The summed E-state index contributed by atoms with van der Waals surface area (Å²) in [4.78, 5) is 0. The third kappa shape index (κ3) is 3.63. The van der Waals surface area contributed by atoms with E-state index in [9.17, 15) is 13.2 Å². The first-order valence-electron chi connectivity index (χ1n) is 6.16. The quantitative estimate of drug-likeness (QED) is 0.896. The van der Waals surface area contributed by atoms with Crippen LogP contribution in [0, 0.1) is 0 Å². The van der Waals surface area contributed by atoms with Crippen molar-refractivity contribution in [2.75, 3.05) is 13.2 Å². The lowest BCUT2D eigenvalue weighted by Crippen LogP contribution is -2.27. The van der Waals surface area contributed by atoms with Crippen LogP contribution in [0.1, 0.15) is 30.5 Å². The van der Waals surface area contributed by atoms with E-state index in [1.165, 1.54) is 0 Å². The maximum Gasteiger partial charge on any atom is 0.390 e. The zero-order chi connectivity index (χ0) is 14.0. The Bertz CT molecular complexity index is 462. The first kappa shape index (κ1) is 14.7. The molecule has 0 saturated carbocycles. The summed E-state index contributed by atoms with van der Waals surface area (Å²) in [5, 5.41) is 2.89. The molecule has 2 nitrogen and oxygen atoms in total. The molecule has 106 valence electrons. The minimum absolute atomic E-state index is 0.474. The van der Waals surface area contributed by atoms with E-state index in [-0.39, 0.29) is 0 Å². The minimum Gasteiger partial charge on any atom is -0.493 e. The number of benzene rings is 1. The van der Waals surface area contributed by atoms with E-state index in [0.717, 1.165) is 16.5 Å². The topological polar surface area (TPSA) is 21.3 Å². The van der Waals surface area contributed by atoms with Gasteiger partial charge in [0.05, 0.1) is 13.0 Å². The van der Waals surface area contributed by atoms with Crippen LogP contribution in [0.2, 0.25) is 0 Å². The van der Waals surface area contributed by atoms with Gasteiger partial charge in [-0.2, -0.15) is 13.2 Å². The smallest absolute Gasteiger partial charge is 0.390 e. The summed E-state index contributed by atoms with van der Waals surface area (Å²) in [6, 6.07) is 2.85. The molecule has 0 amide bonds. The van der Waals surface area contributed by atoms with Crippen molar-refractivity contribution in [3.05, 3.63) is 27.7 Å². The molecular weight excluding hydrogens is 323 g/mol. The van der Waals surface area contributed by atoms with Crippen molar-refractivity contribution < 1.29 is 17.9 Å². The van der Waals surface area contributed by atoms with Crippen LogP contribution in [-0.2, 0) is 6.42 Å². The fraction of sp³-hybridized carbons (Fsp3) is 0.538. The zero-order valence-electron chi connectivity index (χ0n) is 10.5. The summed E-state index contributed by atoms with van der Waals surface area (Å²) in [6.07, 6.45) is -4.36. The Hall–Kier alpha value is -0.750. The van der Waals surface area contributed by atoms with E-state index < -0.39 is 18.6 Å². The van der Waals surface area contributed by atoms with Crippen LogP contribution in [-0.4, -0.2) is 19.3 Å². The highest BCUT2D eigenvalue weighted by molar-refractivity contribution is 9.10. The van der Waals surface area contributed by atoms with Gasteiger partial charge in [-0.05, 0) is 24.2 Å². The molecule has 19 heavy (non-hydrogen) atoms. The monoisotopic (exact) mass is 337 g/mol. The van der Waals surface area contributed by atoms with Gasteiger partial charge in [-0.3, -0.25) is 0 Å². The van der Waals surface area contributed by atoms with Crippen LogP contribution >= 0.6 is 15.9 Å². The molecule has 1 aromatic rings.